The van der Waals surface area contributed by atoms with Crippen molar-refractivity contribution in [1.29, 1.82) is 0 Å². The second kappa shape index (κ2) is 7.33. The van der Waals surface area contributed by atoms with Crippen LogP contribution in [0.25, 0.3) is 0 Å². The van der Waals surface area contributed by atoms with Gasteiger partial charge in [0.1, 0.15) is 5.82 Å². The fourth-order valence-electron chi connectivity index (χ4n) is 1.63. The predicted molar refractivity (Wildman–Crippen MR) is 92.6 cm³/mol. The summed E-state index contributed by atoms with van der Waals surface area (Å²) < 4.78 is 26.9. The van der Waals surface area contributed by atoms with Gasteiger partial charge in [-0.15, -0.1) is 10.2 Å². The number of hydrogen-bond donors (Lipinski definition) is 2. The molecule has 0 saturated heterocycles. The lowest BCUT2D eigenvalue weighted by molar-refractivity contribution is 0.601. The molecule has 124 valence electrons. The molecule has 0 aliphatic rings. The number of nitrogens with one attached hydrogen (secondary N) is 2. The summed E-state index contributed by atoms with van der Waals surface area (Å²) in [5, 5.41) is 11.3. The Morgan fingerprint density at radius 2 is 1.70 bits per heavy atom. The molecule has 0 amide bonds. The van der Waals surface area contributed by atoms with Crippen molar-refractivity contribution >= 4 is 44.9 Å². The van der Waals surface area contributed by atoms with E-state index in [2.05, 4.69) is 34.1 Å². The third kappa shape index (κ3) is 4.95. The number of benzene rings is 1. The van der Waals surface area contributed by atoms with Crippen LogP contribution in [0.15, 0.2) is 35.2 Å². The molecule has 1 aromatic carbocycles. The minimum Gasteiger partial charge on any atom is -0.368 e. The lowest BCUT2D eigenvalue weighted by Crippen LogP contribution is -2.15. The highest BCUT2D eigenvalue weighted by atomic mass is 35.5. The van der Waals surface area contributed by atoms with Crippen molar-refractivity contribution in [3.63, 3.8) is 0 Å². The van der Waals surface area contributed by atoms with Crippen molar-refractivity contribution in [2.45, 2.75) is 18.7 Å². The summed E-state index contributed by atoms with van der Waals surface area (Å²) in [5.41, 5.74) is 0. The molecule has 1 aromatic heterocycles. The molecule has 6 nitrogen and oxygen atoms in total. The SMILES string of the molecule is CC(C)CNc1ccc(NS(=O)(=O)c2ccc(Cl)c(Cl)c2)nn1. The van der Waals surface area contributed by atoms with Gasteiger partial charge >= 0.3 is 0 Å². The fourth-order valence-corrected chi connectivity index (χ4v) is 3.02. The summed E-state index contributed by atoms with van der Waals surface area (Å²) >= 11 is 11.6. The molecule has 0 atom stereocenters. The summed E-state index contributed by atoms with van der Waals surface area (Å²) in [7, 11) is -3.81. The molecule has 23 heavy (non-hydrogen) atoms. The molecule has 0 aliphatic carbocycles. The molecular formula is C14H16Cl2N4O2S. The largest absolute Gasteiger partial charge is 0.368 e. The summed E-state index contributed by atoms with van der Waals surface area (Å²) in [6.45, 7) is 4.89. The van der Waals surface area contributed by atoms with Crippen LogP contribution in [0, 0.1) is 5.92 Å². The van der Waals surface area contributed by atoms with E-state index in [-0.39, 0.29) is 20.8 Å². The highest BCUT2D eigenvalue weighted by Crippen LogP contribution is 2.25. The Balaban J connectivity index is 2.12. The molecule has 2 aromatic rings. The Morgan fingerprint density at radius 1 is 1.04 bits per heavy atom. The third-order valence-electron chi connectivity index (χ3n) is 2.80. The van der Waals surface area contributed by atoms with E-state index in [0.29, 0.717) is 11.7 Å². The van der Waals surface area contributed by atoms with Crippen LogP contribution in [0.4, 0.5) is 11.6 Å². The molecule has 0 radical (unpaired) electrons. The first-order valence-corrected chi connectivity index (χ1v) is 9.07. The average Bonchev–Trinajstić information content (AvgIpc) is 2.49. The molecule has 1 heterocycles. The molecule has 2 rings (SSSR count). The first-order chi connectivity index (χ1) is 10.8. The average molecular weight is 375 g/mol. The van der Waals surface area contributed by atoms with Gasteiger partial charge in [0.05, 0.1) is 14.9 Å². The Hall–Kier alpha value is -1.57. The number of hydrogen-bond acceptors (Lipinski definition) is 5. The molecule has 9 heteroatoms. The number of anilines is 2. The normalized spacial score (nSPS) is 11.5. The van der Waals surface area contributed by atoms with Crippen molar-refractivity contribution in [2.24, 2.45) is 5.92 Å². The molecule has 2 N–H and O–H groups in total. The standard InChI is InChI=1S/C14H16Cl2N4O2S/c1-9(2)8-17-13-5-6-14(19-18-13)20-23(21,22)10-3-4-11(15)12(16)7-10/h3-7,9H,8H2,1-2H3,(H,17,18)(H,19,20). The van der Waals surface area contributed by atoms with Crippen LogP contribution in [-0.2, 0) is 10.0 Å². The van der Waals surface area contributed by atoms with Gasteiger partial charge in [0.2, 0.25) is 0 Å². The summed E-state index contributed by atoms with van der Waals surface area (Å²) in [4.78, 5) is -0.00397. The minimum atomic E-state index is -3.81. The van der Waals surface area contributed by atoms with Gasteiger partial charge < -0.3 is 5.32 Å². The number of halogens is 2. The Kier molecular flexibility index (Phi) is 5.67. The van der Waals surface area contributed by atoms with Gasteiger partial charge in [0.15, 0.2) is 5.82 Å². The number of sulfonamides is 1. The van der Waals surface area contributed by atoms with E-state index in [1.165, 1.54) is 24.3 Å². The number of rotatable bonds is 6. The van der Waals surface area contributed by atoms with Crippen LogP contribution in [0.5, 0.6) is 0 Å². The lowest BCUT2D eigenvalue weighted by atomic mass is 10.2. The van der Waals surface area contributed by atoms with Crippen LogP contribution in [0.1, 0.15) is 13.8 Å². The van der Waals surface area contributed by atoms with Gasteiger partial charge in [0, 0.05) is 6.54 Å². The van der Waals surface area contributed by atoms with Crippen molar-refractivity contribution in [3.05, 3.63) is 40.4 Å². The van der Waals surface area contributed by atoms with Crippen LogP contribution < -0.4 is 10.0 Å². The maximum absolute atomic E-state index is 12.3. The van der Waals surface area contributed by atoms with E-state index in [1.807, 2.05) is 0 Å². The predicted octanol–water partition coefficient (Wildman–Crippen LogP) is 3.65. The smallest absolute Gasteiger partial charge is 0.263 e. The van der Waals surface area contributed by atoms with Gasteiger partial charge in [0.25, 0.3) is 10.0 Å². The van der Waals surface area contributed by atoms with E-state index in [9.17, 15) is 8.42 Å². The molecule has 0 saturated carbocycles. The van der Waals surface area contributed by atoms with Crippen LogP contribution in [0.3, 0.4) is 0 Å². The number of aromatic nitrogens is 2. The Labute approximate surface area is 145 Å². The highest BCUT2D eigenvalue weighted by Gasteiger charge is 2.16. The number of nitrogens with zero attached hydrogens (tertiary/aromatic N) is 2. The van der Waals surface area contributed by atoms with Gasteiger partial charge in [-0.2, -0.15) is 0 Å². The first-order valence-electron chi connectivity index (χ1n) is 6.83. The van der Waals surface area contributed by atoms with E-state index in [4.69, 9.17) is 23.2 Å². The highest BCUT2D eigenvalue weighted by molar-refractivity contribution is 7.92. The minimum absolute atomic E-state index is 0.00397. The van der Waals surface area contributed by atoms with Crippen molar-refractivity contribution in [3.8, 4) is 0 Å². The molecule has 0 unspecified atom stereocenters. The van der Waals surface area contributed by atoms with Crippen molar-refractivity contribution in [1.82, 2.24) is 10.2 Å². The topological polar surface area (TPSA) is 84.0 Å². The monoisotopic (exact) mass is 374 g/mol. The van der Waals surface area contributed by atoms with Gasteiger partial charge in [-0.25, -0.2) is 8.42 Å². The molecule has 0 spiro atoms. The summed E-state index contributed by atoms with van der Waals surface area (Å²) in [6, 6.07) is 7.25. The van der Waals surface area contributed by atoms with Crippen molar-refractivity contribution < 1.29 is 8.42 Å². The molecule has 0 fully saturated rings. The summed E-state index contributed by atoms with van der Waals surface area (Å²) in [5.74, 6) is 1.16. The zero-order chi connectivity index (χ0) is 17.0. The maximum atomic E-state index is 12.3. The molecule has 0 bridgehead atoms. The van der Waals surface area contributed by atoms with Crippen LogP contribution in [0.2, 0.25) is 10.0 Å². The Bertz CT molecular complexity index is 780. The van der Waals surface area contributed by atoms with E-state index >= 15 is 0 Å². The van der Waals surface area contributed by atoms with Gasteiger partial charge in [-0.05, 0) is 36.2 Å². The summed E-state index contributed by atoms with van der Waals surface area (Å²) in [6.07, 6.45) is 0. The van der Waals surface area contributed by atoms with E-state index in [1.54, 1.807) is 6.07 Å². The molecular weight excluding hydrogens is 359 g/mol. The second-order valence-corrected chi connectivity index (χ2v) is 7.76. The maximum Gasteiger partial charge on any atom is 0.263 e. The third-order valence-corrected chi connectivity index (χ3v) is 4.89. The Morgan fingerprint density at radius 3 is 2.26 bits per heavy atom. The first kappa shape index (κ1) is 17.8. The zero-order valence-corrected chi connectivity index (χ0v) is 14.9. The second-order valence-electron chi connectivity index (χ2n) is 5.26. The van der Waals surface area contributed by atoms with Crippen LogP contribution >= 0.6 is 23.2 Å². The zero-order valence-electron chi connectivity index (χ0n) is 12.5. The lowest BCUT2D eigenvalue weighted by Gasteiger charge is -2.09. The van der Waals surface area contributed by atoms with Gasteiger partial charge in [-0.1, -0.05) is 37.0 Å². The quantitative estimate of drug-likeness (QED) is 0.805. The fraction of sp³-hybridized carbons (Fsp3) is 0.286. The van der Waals surface area contributed by atoms with E-state index < -0.39 is 10.0 Å². The van der Waals surface area contributed by atoms with Gasteiger partial charge in [-0.3, -0.25) is 4.72 Å². The van der Waals surface area contributed by atoms with Crippen LogP contribution in [-0.4, -0.2) is 25.2 Å². The van der Waals surface area contributed by atoms with E-state index in [0.717, 1.165) is 6.54 Å². The molecule has 0 aliphatic heterocycles. The van der Waals surface area contributed by atoms with Crippen molar-refractivity contribution in [2.75, 3.05) is 16.6 Å².